The lowest BCUT2D eigenvalue weighted by atomic mass is 10.1. The van der Waals surface area contributed by atoms with E-state index in [9.17, 15) is 0 Å². The molecule has 1 aliphatic rings. The first-order valence-corrected chi connectivity index (χ1v) is 6.34. The van der Waals surface area contributed by atoms with E-state index in [-0.39, 0.29) is 6.04 Å². The van der Waals surface area contributed by atoms with Crippen LogP contribution in [0, 0.1) is 0 Å². The molecule has 0 aliphatic carbocycles. The van der Waals surface area contributed by atoms with Crippen LogP contribution in [0.5, 0.6) is 0 Å². The van der Waals surface area contributed by atoms with Gasteiger partial charge in [0.15, 0.2) is 0 Å². The maximum absolute atomic E-state index is 5.36. The minimum absolute atomic E-state index is 0.0475. The Bertz CT molecular complexity index is 567. The fraction of sp³-hybridized carbons (Fsp3) is 0.429. The predicted molar refractivity (Wildman–Crippen MR) is 70.8 cm³/mol. The molecule has 0 amide bonds. The second kappa shape index (κ2) is 4.35. The smallest absolute Gasteiger partial charge is 0.249 e. The van der Waals surface area contributed by atoms with Gasteiger partial charge in [0, 0.05) is 19.2 Å². The first kappa shape index (κ1) is 12.2. The first-order valence-electron chi connectivity index (χ1n) is 6.34. The van der Waals surface area contributed by atoms with E-state index in [4.69, 9.17) is 9.26 Å². The number of benzene rings is 1. The summed E-state index contributed by atoms with van der Waals surface area (Å²) >= 11 is 0. The van der Waals surface area contributed by atoms with Gasteiger partial charge >= 0.3 is 0 Å². The van der Waals surface area contributed by atoms with Gasteiger partial charge in [-0.1, -0.05) is 23.4 Å². The number of methoxy groups -OCH3 is 1. The van der Waals surface area contributed by atoms with Crippen molar-refractivity contribution in [3.8, 4) is 0 Å². The molecule has 0 saturated carbocycles. The van der Waals surface area contributed by atoms with Gasteiger partial charge in [-0.15, -0.1) is 0 Å². The van der Waals surface area contributed by atoms with Crippen LogP contribution in [-0.4, -0.2) is 17.3 Å². The molecule has 0 radical (unpaired) electrons. The summed E-state index contributed by atoms with van der Waals surface area (Å²) in [5, 5.41) is 7.41. The summed E-state index contributed by atoms with van der Waals surface area (Å²) < 4.78 is 10.7. The van der Waals surface area contributed by atoms with E-state index >= 15 is 0 Å². The largest absolute Gasteiger partial charge is 0.373 e. The summed E-state index contributed by atoms with van der Waals surface area (Å²) in [5.74, 6) is 1.18. The molecule has 2 heterocycles. The molecule has 3 rings (SSSR count). The van der Waals surface area contributed by atoms with E-state index in [1.807, 2.05) is 26.0 Å². The zero-order chi connectivity index (χ0) is 13.5. The monoisotopic (exact) mass is 259 g/mol. The average Bonchev–Trinajstić information content (AvgIpc) is 3.05. The van der Waals surface area contributed by atoms with Gasteiger partial charge in [-0.2, -0.15) is 4.98 Å². The summed E-state index contributed by atoms with van der Waals surface area (Å²) in [6.07, 6.45) is 0.866. The molecular formula is C14H17N3O2. The number of nitrogens with zero attached hydrogens (tertiary/aromatic N) is 2. The SMILES string of the molecule is COC(C)(C)c1noc([C@@H]2Cc3ccccc3N2)n1. The first-order chi connectivity index (χ1) is 9.10. The van der Waals surface area contributed by atoms with Crippen LogP contribution in [0.3, 0.4) is 0 Å². The van der Waals surface area contributed by atoms with Gasteiger partial charge in [-0.05, 0) is 25.5 Å². The topological polar surface area (TPSA) is 60.2 Å². The normalized spacial score (nSPS) is 18.2. The third-order valence-corrected chi connectivity index (χ3v) is 3.56. The lowest BCUT2D eigenvalue weighted by Crippen LogP contribution is -2.21. The van der Waals surface area contributed by atoms with Crippen molar-refractivity contribution in [2.24, 2.45) is 0 Å². The molecule has 0 spiro atoms. The van der Waals surface area contributed by atoms with E-state index in [2.05, 4.69) is 27.6 Å². The highest BCUT2D eigenvalue weighted by molar-refractivity contribution is 5.56. The lowest BCUT2D eigenvalue weighted by molar-refractivity contribution is 0.00973. The van der Waals surface area contributed by atoms with Crippen LogP contribution in [0.4, 0.5) is 5.69 Å². The van der Waals surface area contributed by atoms with Crippen molar-refractivity contribution in [2.75, 3.05) is 12.4 Å². The second-order valence-corrected chi connectivity index (χ2v) is 5.23. The van der Waals surface area contributed by atoms with Gasteiger partial charge in [-0.25, -0.2) is 0 Å². The van der Waals surface area contributed by atoms with Gasteiger partial charge < -0.3 is 14.6 Å². The molecule has 0 saturated heterocycles. The molecule has 0 bridgehead atoms. The highest BCUT2D eigenvalue weighted by Crippen LogP contribution is 2.33. The van der Waals surface area contributed by atoms with E-state index < -0.39 is 5.60 Å². The molecule has 5 heteroatoms. The third kappa shape index (κ3) is 2.10. The number of aromatic nitrogens is 2. The van der Waals surface area contributed by atoms with E-state index in [1.54, 1.807) is 7.11 Å². The summed E-state index contributed by atoms with van der Waals surface area (Å²) in [6.45, 7) is 3.83. The van der Waals surface area contributed by atoms with Gasteiger partial charge in [0.1, 0.15) is 11.6 Å². The van der Waals surface area contributed by atoms with Crippen molar-refractivity contribution in [1.82, 2.24) is 10.1 Å². The summed E-state index contributed by atoms with van der Waals surface area (Å²) in [6, 6.07) is 8.27. The zero-order valence-electron chi connectivity index (χ0n) is 11.3. The van der Waals surface area contributed by atoms with E-state index in [0.29, 0.717) is 11.7 Å². The molecule has 1 aromatic heterocycles. The maximum atomic E-state index is 5.36. The summed E-state index contributed by atoms with van der Waals surface area (Å²) in [4.78, 5) is 4.45. The Morgan fingerprint density at radius 1 is 1.37 bits per heavy atom. The Kier molecular flexibility index (Phi) is 2.78. The van der Waals surface area contributed by atoms with Gasteiger partial charge in [0.05, 0.1) is 0 Å². The fourth-order valence-corrected chi connectivity index (χ4v) is 2.16. The summed E-state index contributed by atoms with van der Waals surface area (Å²) in [7, 11) is 1.64. The minimum Gasteiger partial charge on any atom is -0.373 e. The number of anilines is 1. The highest BCUT2D eigenvalue weighted by atomic mass is 16.5. The lowest BCUT2D eigenvalue weighted by Gasteiger charge is -2.17. The van der Waals surface area contributed by atoms with Crippen LogP contribution in [-0.2, 0) is 16.8 Å². The van der Waals surface area contributed by atoms with Crippen molar-refractivity contribution in [3.05, 3.63) is 41.5 Å². The van der Waals surface area contributed by atoms with Crippen LogP contribution in [0.2, 0.25) is 0 Å². The molecule has 1 atom stereocenters. The fourth-order valence-electron chi connectivity index (χ4n) is 2.16. The molecule has 5 nitrogen and oxygen atoms in total. The van der Waals surface area contributed by atoms with Gasteiger partial charge in [0.2, 0.25) is 11.7 Å². The number of nitrogens with one attached hydrogen (secondary N) is 1. The number of rotatable bonds is 3. The zero-order valence-corrected chi connectivity index (χ0v) is 11.3. The molecular weight excluding hydrogens is 242 g/mol. The quantitative estimate of drug-likeness (QED) is 0.918. The number of fused-ring (bicyclic) bond motifs is 1. The van der Waals surface area contributed by atoms with Crippen LogP contribution in [0.15, 0.2) is 28.8 Å². The summed E-state index contributed by atoms with van der Waals surface area (Å²) in [5.41, 5.74) is 1.88. The Morgan fingerprint density at radius 3 is 2.89 bits per heavy atom. The van der Waals surface area contributed by atoms with Crippen LogP contribution in [0.25, 0.3) is 0 Å². The molecule has 1 aromatic carbocycles. The van der Waals surface area contributed by atoms with Crippen molar-refractivity contribution in [3.63, 3.8) is 0 Å². The molecule has 100 valence electrons. The van der Waals surface area contributed by atoms with Crippen molar-refractivity contribution in [1.29, 1.82) is 0 Å². The van der Waals surface area contributed by atoms with Crippen LogP contribution >= 0.6 is 0 Å². The Labute approximate surface area is 112 Å². The molecule has 1 N–H and O–H groups in total. The molecule has 2 aromatic rings. The van der Waals surface area contributed by atoms with Crippen LogP contribution in [0.1, 0.15) is 37.2 Å². The number of hydrogen-bond donors (Lipinski definition) is 1. The van der Waals surface area contributed by atoms with Gasteiger partial charge in [0.25, 0.3) is 0 Å². The van der Waals surface area contributed by atoms with Crippen molar-refractivity contribution < 1.29 is 9.26 Å². The third-order valence-electron chi connectivity index (χ3n) is 3.56. The Balaban J connectivity index is 1.83. The average molecular weight is 259 g/mol. The minimum atomic E-state index is -0.535. The van der Waals surface area contributed by atoms with Crippen LogP contribution < -0.4 is 5.32 Å². The Morgan fingerprint density at radius 2 is 2.16 bits per heavy atom. The standard InChI is InChI=1S/C14H17N3O2/c1-14(2,18-3)13-16-12(19-17-13)11-8-9-6-4-5-7-10(9)15-11/h4-7,11,15H,8H2,1-3H3/t11-/m0/s1. The Hall–Kier alpha value is -1.88. The number of ether oxygens (including phenoxy) is 1. The van der Waals surface area contributed by atoms with E-state index in [0.717, 1.165) is 12.1 Å². The second-order valence-electron chi connectivity index (χ2n) is 5.23. The van der Waals surface area contributed by atoms with Gasteiger partial charge in [-0.3, -0.25) is 0 Å². The predicted octanol–water partition coefficient (Wildman–Crippen LogP) is 2.66. The maximum Gasteiger partial charge on any atom is 0.249 e. The molecule has 1 aliphatic heterocycles. The molecule has 19 heavy (non-hydrogen) atoms. The highest BCUT2D eigenvalue weighted by Gasteiger charge is 2.31. The number of para-hydroxylation sites is 1. The van der Waals surface area contributed by atoms with Crippen molar-refractivity contribution in [2.45, 2.75) is 31.9 Å². The number of hydrogen-bond acceptors (Lipinski definition) is 5. The van der Waals surface area contributed by atoms with E-state index in [1.165, 1.54) is 5.56 Å². The molecule has 0 unspecified atom stereocenters. The van der Waals surface area contributed by atoms with Crippen molar-refractivity contribution >= 4 is 5.69 Å². The molecule has 0 fully saturated rings.